The van der Waals surface area contributed by atoms with Crippen LogP contribution in [-0.4, -0.2) is 16.1 Å². The van der Waals surface area contributed by atoms with E-state index < -0.39 is 0 Å². The zero-order chi connectivity index (χ0) is 13.3. The third-order valence-electron chi connectivity index (χ3n) is 3.25. The van der Waals surface area contributed by atoms with Crippen molar-refractivity contribution in [2.75, 3.05) is 5.32 Å². The minimum absolute atomic E-state index is 0.132. The molecule has 0 atom stereocenters. The van der Waals surface area contributed by atoms with Crippen molar-refractivity contribution >= 4 is 11.7 Å². The first-order valence-electron chi connectivity index (χ1n) is 5.89. The number of benzene rings is 1. The monoisotopic (exact) mass is 243 g/mol. The zero-order valence-electron chi connectivity index (χ0n) is 11.1. The van der Waals surface area contributed by atoms with E-state index in [0.717, 1.165) is 16.8 Å². The lowest BCUT2D eigenvalue weighted by Crippen LogP contribution is -2.13. The van der Waals surface area contributed by atoms with Gasteiger partial charge in [0.15, 0.2) is 5.82 Å². The van der Waals surface area contributed by atoms with Gasteiger partial charge in [-0.25, -0.2) is 0 Å². The first kappa shape index (κ1) is 12.4. The number of carbonyl (C=O) groups excluding carboxylic acids is 1. The van der Waals surface area contributed by atoms with Crippen molar-refractivity contribution in [1.82, 2.24) is 10.2 Å². The predicted molar refractivity (Wildman–Crippen MR) is 71.9 cm³/mol. The first-order valence-corrected chi connectivity index (χ1v) is 5.89. The van der Waals surface area contributed by atoms with Crippen molar-refractivity contribution in [2.45, 2.75) is 27.7 Å². The molecule has 1 amide bonds. The summed E-state index contributed by atoms with van der Waals surface area (Å²) in [6, 6.07) is 5.67. The van der Waals surface area contributed by atoms with E-state index in [4.69, 9.17) is 0 Å². The van der Waals surface area contributed by atoms with Gasteiger partial charge in [-0.3, -0.25) is 9.89 Å². The Morgan fingerprint density at radius 2 is 1.89 bits per heavy atom. The molecule has 94 valence electrons. The van der Waals surface area contributed by atoms with E-state index in [9.17, 15) is 4.79 Å². The lowest BCUT2D eigenvalue weighted by molar-refractivity contribution is 0.102. The lowest BCUT2D eigenvalue weighted by Gasteiger charge is -2.06. The first-order chi connectivity index (χ1) is 8.49. The molecular weight excluding hydrogens is 226 g/mol. The highest BCUT2D eigenvalue weighted by Gasteiger charge is 2.11. The number of amides is 1. The molecule has 0 aliphatic rings. The molecule has 2 N–H and O–H groups in total. The molecule has 0 saturated carbocycles. The Morgan fingerprint density at radius 1 is 1.17 bits per heavy atom. The summed E-state index contributed by atoms with van der Waals surface area (Å²) in [7, 11) is 0. The number of anilines is 1. The number of carbonyl (C=O) groups is 1. The Kier molecular flexibility index (Phi) is 3.19. The molecule has 0 radical (unpaired) electrons. The molecule has 0 saturated heterocycles. The smallest absolute Gasteiger partial charge is 0.256 e. The number of rotatable bonds is 2. The highest BCUT2D eigenvalue weighted by Crippen LogP contribution is 2.16. The molecule has 0 unspecified atom stereocenters. The van der Waals surface area contributed by atoms with E-state index in [1.54, 1.807) is 0 Å². The molecule has 4 nitrogen and oxygen atoms in total. The molecule has 0 aliphatic heterocycles. The van der Waals surface area contributed by atoms with Gasteiger partial charge in [0.1, 0.15) is 0 Å². The molecule has 1 aromatic carbocycles. The van der Waals surface area contributed by atoms with Gasteiger partial charge in [0, 0.05) is 16.8 Å². The van der Waals surface area contributed by atoms with Crippen LogP contribution in [-0.2, 0) is 0 Å². The number of aromatic nitrogens is 2. The minimum Gasteiger partial charge on any atom is -0.305 e. The Bertz CT molecular complexity index is 599. The molecule has 18 heavy (non-hydrogen) atoms. The van der Waals surface area contributed by atoms with E-state index >= 15 is 0 Å². The predicted octanol–water partition coefficient (Wildman–Crippen LogP) is 2.90. The fraction of sp³-hybridized carbons (Fsp3) is 0.286. The van der Waals surface area contributed by atoms with Crippen LogP contribution in [0.1, 0.15) is 32.7 Å². The van der Waals surface area contributed by atoms with Gasteiger partial charge in [0.25, 0.3) is 5.91 Å². The van der Waals surface area contributed by atoms with Crippen LogP contribution in [0.4, 0.5) is 5.82 Å². The third kappa shape index (κ3) is 2.27. The van der Waals surface area contributed by atoms with Crippen molar-refractivity contribution in [2.24, 2.45) is 0 Å². The second-order valence-corrected chi connectivity index (χ2v) is 4.58. The number of hydrogen-bond donors (Lipinski definition) is 2. The number of H-pyrrole nitrogens is 1. The van der Waals surface area contributed by atoms with Crippen LogP contribution < -0.4 is 5.32 Å². The fourth-order valence-corrected chi connectivity index (χ4v) is 1.67. The Labute approximate surface area is 106 Å². The molecule has 1 heterocycles. The van der Waals surface area contributed by atoms with Gasteiger partial charge in [-0.1, -0.05) is 6.07 Å². The zero-order valence-corrected chi connectivity index (χ0v) is 11.1. The summed E-state index contributed by atoms with van der Waals surface area (Å²) in [6.07, 6.45) is 0. The molecule has 1 aromatic heterocycles. The average Bonchev–Trinajstić information content (AvgIpc) is 2.64. The Balaban J connectivity index is 2.22. The molecule has 2 rings (SSSR count). The van der Waals surface area contributed by atoms with Crippen molar-refractivity contribution in [1.29, 1.82) is 0 Å². The molecule has 0 aliphatic carbocycles. The molecule has 4 heteroatoms. The molecule has 0 fully saturated rings. The van der Waals surface area contributed by atoms with Gasteiger partial charge in [0.05, 0.1) is 0 Å². The summed E-state index contributed by atoms with van der Waals surface area (Å²) < 4.78 is 0. The van der Waals surface area contributed by atoms with Crippen LogP contribution in [0.3, 0.4) is 0 Å². The van der Waals surface area contributed by atoms with E-state index in [0.29, 0.717) is 11.4 Å². The topological polar surface area (TPSA) is 57.8 Å². The average molecular weight is 243 g/mol. The lowest BCUT2D eigenvalue weighted by atomic mass is 10.1. The van der Waals surface area contributed by atoms with E-state index in [2.05, 4.69) is 15.5 Å². The summed E-state index contributed by atoms with van der Waals surface area (Å²) in [6.45, 7) is 7.87. The van der Waals surface area contributed by atoms with E-state index in [-0.39, 0.29) is 5.91 Å². The van der Waals surface area contributed by atoms with Crippen LogP contribution >= 0.6 is 0 Å². The summed E-state index contributed by atoms with van der Waals surface area (Å²) in [5.41, 5.74) is 4.87. The van der Waals surface area contributed by atoms with Gasteiger partial charge in [0.2, 0.25) is 0 Å². The quantitative estimate of drug-likeness (QED) is 0.852. The van der Waals surface area contributed by atoms with Crippen LogP contribution in [0.2, 0.25) is 0 Å². The standard InChI is InChI=1S/C14H17N3O/c1-8-5-6-12(7-9(8)2)14(18)15-13-10(3)11(4)16-17-13/h5-7H,1-4H3,(H2,15,16,17,18). The second-order valence-electron chi connectivity index (χ2n) is 4.58. The highest BCUT2D eigenvalue weighted by atomic mass is 16.1. The van der Waals surface area contributed by atoms with E-state index in [1.165, 1.54) is 5.56 Å². The Morgan fingerprint density at radius 3 is 2.44 bits per heavy atom. The summed E-state index contributed by atoms with van der Waals surface area (Å²) in [5, 5.41) is 9.73. The van der Waals surface area contributed by atoms with Crippen molar-refractivity contribution in [3.05, 3.63) is 46.1 Å². The second kappa shape index (κ2) is 4.64. The minimum atomic E-state index is -0.132. The third-order valence-corrected chi connectivity index (χ3v) is 3.25. The number of aromatic amines is 1. The van der Waals surface area contributed by atoms with Crippen LogP contribution in [0.5, 0.6) is 0 Å². The van der Waals surface area contributed by atoms with Gasteiger partial charge < -0.3 is 5.32 Å². The number of nitrogens with zero attached hydrogens (tertiary/aromatic N) is 1. The van der Waals surface area contributed by atoms with Crippen LogP contribution in [0.15, 0.2) is 18.2 Å². The molecule has 0 bridgehead atoms. The molecule has 0 spiro atoms. The van der Waals surface area contributed by atoms with Crippen molar-refractivity contribution in [3.8, 4) is 0 Å². The Hall–Kier alpha value is -2.10. The van der Waals surface area contributed by atoms with Gasteiger partial charge in [-0.15, -0.1) is 0 Å². The van der Waals surface area contributed by atoms with Crippen molar-refractivity contribution < 1.29 is 4.79 Å². The van der Waals surface area contributed by atoms with Gasteiger partial charge in [-0.05, 0) is 51.0 Å². The maximum Gasteiger partial charge on any atom is 0.256 e. The summed E-state index contributed by atoms with van der Waals surface area (Å²) in [4.78, 5) is 12.1. The molecule has 2 aromatic rings. The largest absolute Gasteiger partial charge is 0.305 e. The number of aryl methyl sites for hydroxylation is 3. The summed E-state index contributed by atoms with van der Waals surface area (Å²) in [5.74, 6) is 0.462. The van der Waals surface area contributed by atoms with Crippen LogP contribution in [0.25, 0.3) is 0 Å². The fourth-order valence-electron chi connectivity index (χ4n) is 1.67. The normalized spacial score (nSPS) is 10.4. The van der Waals surface area contributed by atoms with Gasteiger partial charge in [-0.2, -0.15) is 5.10 Å². The highest BCUT2D eigenvalue weighted by molar-refractivity contribution is 6.04. The maximum absolute atomic E-state index is 12.1. The van der Waals surface area contributed by atoms with Crippen molar-refractivity contribution in [3.63, 3.8) is 0 Å². The van der Waals surface area contributed by atoms with Crippen LogP contribution in [0, 0.1) is 27.7 Å². The van der Waals surface area contributed by atoms with Gasteiger partial charge >= 0.3 is 0 Å². The number of nitrogens with one attached hydrogen (secondary N) is 2. The van der Waals surface area contributed by atoms with E-state index in [1.807, 2.05) is 45.9 Å². The number of hydrogen-bond acceptors (Lipinski definition) is 2. The SMILES string of the molecule is Cc1ccc(C(=O)Nc2n[nH]c(C)c2C)cc1C. The summed E-state index contributed by atoms with van der Waals surface area (Å²) >= 11 is 0. The molecular formula is C14H17N3O. The maximum atomic E-state index is 12.1.